The van der Waals surface area contributed by atoms with Crippen LogP contribution in [0, 0.1) is 11.8 Å². The molecule has 1 fully saturated rings. The van der Waals surface area contributed by atoms with E-state index in [1.54, 1.807) is 7.11 Å². The predicted octanol–water partition coefficient (Wildman–Crippen LogP) is 4.09. The van der Waals surface area contributed by atoms with E-state index in [4.69, 9.17) is 9.84 Å². The Bertz CT molecular complexity index is 496. The van der Waals surface area contributed by atoms with Crippen molar-refractivity contribution in [2.75, 3.05) is 13.7 Å². The standard InChI is InChI=1S/C19H28O2/c1-19-11-3-5-14(6-4-12-20)17(19)10-8-15-7-9-16(21-2)13-18(15)19/h7,9,13-14,17,20H,3-6,8,10-12H2,1-2H3/t14-,17-,19-/m0/s1. The van der Waals surface area contributed by atoms with Gasteiger partial charge in [0.1, 0.15) is 5.75 Å². The average Bonchev–Trinajstić information content (AvgIpc) is 2.52. The van der Waals surface area contributed by atoms with Gasteiger partial charge in [-0.15, -0.1) is 0 Å². The van der Waals surface area contributed by atoms with Crippen molar-refractivity contribution in [3.8, 4) is 5.75 Å². The summed E-state index contributed by atoms with van der Waals surface area (Å²) in [5.74, 6) is 2.56. The topological polar surface area (TPSA) is 29.5 Å². The zero-order chi connectivity index (χ0) is 14.9. The highest BCUT2D eigenvalue weighted by atomic mass is 16.5. The molecule has 21 heavy (non-hydrogen) atoms. The van der Waals surface area contributed by atoms with Gasteiger partial charge in [0.2, 0.25) is 0 Å². The van der Waals surface area contributed by atoms with Crippen molar-refractivity contribution in [3.63, 3.8) is 0 Å². The van der Waals surface area contributed by atoms with Gasteiger partial charge in [0.15, 0.2) is 0 Å². The van der Waals surface area contributed by atoms with E-state index in [0.717, 1.165) is 24.0 Å². The predicted molar refractivity (Wildman–Crippen MR) is 85.8 cm³/mol. The Kier molecular flexibility index (Phi) is 4.26. The molecule has 0 spiro atoms. The number of hydrogen-bond donors (Lipinski definition) is 1. The van der Waals surface area contributed by atoms with Gasteiger partial charge in [-0.1, -0.05) is 25.8 Å². The molecule has 0 heterocycles. The molecule has 2 heteroatoms. The van der Waals surface area contributed by atoms with E-state index < -0.39 is 0 Å². The molecule has 1 aromatic rings. The molecule has 0 aliphatic heterocycles. The molecule has 3 atom stereocenters. The summed E-state index contributed by atoms with van der Waals surface area (Å²) >= 11 is 0. The van der Waals surface area contributed by atoms with Crippen LogP contribution in [0.25, 0.3) is 0 Å². The van der Waals surface area contributed by atoms with Gasteiger partial charge >= 0.3 is 0 Å². The largest absolute Gasteiger partial charge is 0.497 e. The molecule has 0 radical (unpaired) electrons. The molecular formula is C19H28O2. The molecule has 0 bridgehead atoms. The van der Waals surface area contributed by atoms with Crippen LogP contribution in [0.5, 0.6) is 5.75 Å². The molecular weight excluding hydrogens is 260 g/mol. The lowest BCUT2D eigenvalue weighted by Crippen LogP contribution is -2.44. The zero-order valence-corrected chi connectivity index (χ0v) is 13.4. The van der Waals surface area contributed by atoms with E-state index in [1.807, 2.05) is 0 Å². The first-order valence-corrected chi connectivity index (χ1v) is 8.47. The van der Waals surface area contributed by atoms with Gasteiger partial charge in [0.25, 0.3) is 0 Å². The molecule has 2 nitrogen and oxygen atoms in total. The van der Waals surface area contributed by atoms with Crippen LogP contribution in [0.2, 0.25) is 0 Å². The Morgan fingerprint density at radius 2 is 2.19 bits per heavy atom. The number of ether oxygens (including phenoxy) is 1. The number of rotatable bonds is 4. The van der Waals surface area contributed by atoms with Crippen LogP contribution >= 0.6 is 0 Å². The van der Waals surface area contributed by atoms with E-state index in [0.29, 0.717) is 12.0 Å². The minimum Gasteiger partial charge on any atom is -0.497 e. The van der Waals surface area contributed by atoms with Crippen molar-refractivity contribution in [1.82, 2.24) is 0 Å². The third kappa shape index (κ3) is 2.59. The Hall–Kier alpha value is -1.02. The van der Waals surface area contributed by atoms with Crippen LogP contribution in [-0.2, 0) is 11.8 Å². The Morgan fingerprint density at radius 3 is 2.95 bits per heavy atom. The van der Waals surface area contributed by atoms with Crippen molar-refractivity contribution in [2.45, 2.75) is 57.3 Å². The highest BCUT2D eigenvalue weighted by Crippen LogP contribution is 2.53. The molecule has 2 aliphatic carbocycles. The summed E-state index contributed by atoms with van der Waals surface area (Å²) in [5, 5.41) is 9.17. The molecule has 0 amide bonds. The smallest absolute Gasteiger partial charge is 0.119 e. The molecule has 2 aliphatic rings. The summed E-state index contributed by atoms with van der Waals surface area (Å²) in [4.78, 5) is 0. The lowest BCUT2D eigenvalue weighted by Gasteiger charge is -2.50. The van der Waals surface area contributed by atoms with Gasteiger partial charge in [0, 0.05) is 6.61 Å². The molecule has 1 aromatic carbocycles. The zero-order valence-electron chi connectivity index (χ0n) is 13.4. The van der Waals surface area contributed by atoms with Gasteiger partial charge in [0.05, 0.1) is 7.11 Å². The highest BCUT2D eigenvalue weighted by molar-refractivity contribution is 5.43. The minimum absolute atomic E-state index is 0.306. The van der Waals surface area contributed by atoms with Gasteiger partial charge in [-0.05, 0) is 72.6 Å². The molecule has 116 valence electrons. The van der Waals surface area contributed by atoms with Crippen molar-refractivity contribution in [2.24, 2.45) is 11.8 Å². The number of aliphatic hydroxyl groups is 1. The molecule has 1 saturated carbocycles. The number of hydrogen-bond acceptors (Lipinski definition) is 2. The van der Waals surface area contributed by atoms with Crippen LogP contribution < -0.4 is 4.74 Å². The number of aryl methyl sites for hydroxylation is 1. The van der Waals surface area contributed by atoms with Gasteiger partial charge < -0.3 is 9.84 Å². The third-order valence-electron chi connectivity index (χ3n) is 6.05. The van der Waals surface area contributed by atoms with Gasteiger partial charge in [-0.3, -0.25) is 0 Å². The molecule has 0 saturated heterocycles. The van der Waals surface area contributed by atoms with E-state index in [2.05, 4.69) is 25.1 Å². The summed E-state index contributed by atoms with van der Waals surface area (Å²) in [6.07, 6.45) is 8.63. The van der Waals surface area contributed by atoms with Crippen molar-refractivity contribution in [1.29, 1.82) is 0 Å². The van der Waals surface area contributed by atoms with Crippen LogP contribution in [0.15, 0.2) is 18.2 Å². The summed E-state index contributed by atoms with van der Waals surface area (Å²) < 4.78 is 5.46. The van der Waals surface area contributed by atoms with Crippen LogP contribution in [0.3, 0.4) is 0 Å². The van der Waals surface area contributed by atoms with Gasteiger partial charge in [-0.2, -0.15) is 0 Å². The summed E-state index contributed by atoms with van der Waals surface area (Å²) in [6, 6.07) is 6.66. The maximum atomic E-state index is 9.17. The van der Waals surface area contributed by atoms with Crippen molar-refractivity contribution < 1.29 is 9.84 Å². The second-order valence-electron chi connectivity index (χ2n) is 7.10. The monoisotopic (exact) mass is 288 g/mol. The van der Waals surface area contributed by atoms with Crippen LogP contribution in [-0.4, -0.2) is 18.8 Å². The Morgan fingerprint density at radius 1 is 1.33 bits per heavy atom. The third-order valence-corrected chi connectivity index (χ3v) is 6.05. The average molecular weight is 288 g/mol. The summed E-state index contributed by atoms with van der Waals surface area (Å²) in [7, 11) is 1.76. The van der Waals surface area contributed by atoms with E-state index in [1.165, 1.54) is 49.7 Å². The maximum Gasteiger partial charge on any atom is 0.119 e. The molecule has 0 unspecified atom stereocenters. The van der Waals surface area contributed by atoms with Crippen molar-refractivity contribution in [3.05, 3.63) is 29.3 Å². The second kappa shape index (κ2) is 6.00. The fraction of sp³-hybridized carbons (Fsp3) is 0.684. The molecule has 1 N–H and O–H groups in total. The first kappa shape index (κ1) is 14.9. The normalized spacial score (nSPS) is 31.4. The van der Waals surface area contributed by atoms with Crippen LogP contribution in [0.4, 0.5) is 0 Å². The SMILES string of the molecule is COc1ccc2c(c1)[C@@]1(C)CCC[C@@H](CCCO)[C@@H]1CC2. The number of fused-ring (bicyclic) bond motifs is 3. The first-order valence-electron chi connectivity index (χ1n) is 8.47. The lowest BCUT2D eigenvalue weighted by molar-refractivity contribution is 0.0941. The number of benzene rings is 1. The molecule has 3 rings (SSSR count). The van der Waals surface area contributed by atoms with E-state index in [-0.39, 0.29) is 0 Å². The molecule has 0 aromatic heterocycles. The number of methoxy groups -OCH3 is 1. The maximum absolute atomic E-state index is 9.17. The Balaban J connectivity index is 1.93. The Labute approximate surface area is 128 Å². The first-order chi connectivity index (χ1) is 10.2. The number of aliphatic hydroxyl groups excluding tert-OH is 1. The second-order valence-corrected chi connectivity index (χ2v) is 7.10. The fourth-order valence-electron chi connectivity index (χ4n) is 4.97. The highest BCUT2D eigenvalue weighted by Gasteiger charge is 2.45. The summed E-state index contributed by atoms with van der Waals surface area (Å²) in [6.45, 7) is 2.81. The lowest BCUT2D eigenvalue weighted by atomic mass is 9.54. The van der Waals surface area contributed by atoms with E-state index in [9.17, 15) is 0 Å². The van der Waals surface area contributed by atoms with E-state index >= 15 is 0 Å². The quantitative estimate of drug-likeness (QED) is 0.904. The fourth-order valence-corrected chi connectivity index (χ4v) is 4.97. The summed E-state index contributed by atoms with van der Waals surface area (Å²) in [5.41, 5.74) is 3.37. The van der Waals surface area contributed by atoms with Crippen molar-refractivity contribution >= 4 is 0 Å². The van der Waals surface area contributed by atoms with Crippen LogP contribution in [0.1, 0.15) is 56.6 Å². The van der Waals surface area contributed by atoms with Gasteiger partial charge in [-0.25, -0.2) is 0 Å². The minimum atomic E-state index is 0.306.